The topological polar surface area (TPSA) is 47.0 Å². The summed E-state index contributed by atoms with van der Waals surface area (Å²) in [5, 5.41) is 4.05. The summed E-state index contributed by atoms with van der Waals surface area (Å²) >= 11 is 0. The number of oxime groups is 1. The molecule has 0 N–H and O–H groups in total. The van der Waals surface area contributed by atoms with Gasteiger partial charge in [-0.2, -0.15) is 13.2 Å². The van der Waals surface area contributed by atoms with Crippen LogP contribution in [-0.4, -0.2) is 28.9 Å². The third-order valence-corrected chi connectivity index (χ3v) is 5.75. The lowest BCUT2D eigenvalue weighted by Crippen LogP contribution is -2.46. The maximum atomic E-state index is 12.9. The molecule has 0 unspecified atom stereocenters. The Morgan fingerprint density at radius 3 is 2.35 bits per heavy atom. The molecule has 3 atom stereocenters. The third-order valence-electron chi connectivity index (χ3n) is 5.75. The number of piperidine rings is 1. The van der Waals surface area contributed by atoms with E-state index < -0.39 is 11.7 Å². The van der Waals surface area contributed by atoms with E-state index in [0.29, 0.717) is 17.3 Å². The number of alkyl halides is 3. The summed E-state index contributed by atoms with van der Waals surface area (Å²) in [5.74, 6) is 1.84. The van der Waals surface area contributed by atoms with E-state index in [1.807, 2.05) is 39.0 Å². The summed E-state index contributed by atoms with van der Waals surface area (Å²) in [6.07, 6.45) is 0.0573. The summed E-state index contributed by atoms with van der Waals surface area (Å²) in [6, 6.07) is 8.75. The number of anilines is 1. The molecule has 166 valence electrons. The van der Waals surface area contributed by atoms with E-state index in [-0.39, 0.29) is 18.2 Å². The van der Waals surface area contributed by atoms with Crippen molar-refractivity contribution in [3.8, 4) is 11.5 Å². The van der Waals surface area contributed by atoms with E-state index in [1.54, 1.807) is 0 Å². The highest BCUT2D eigenvalue weighted by Crippen LogP contribution is 2.41. The van der Waals surface area contributed by atoms with E-state index in [9.17, 15) is 13.2 Å². The molecule has 2 bridgehead atoms. The average molecular weight is 433 g/mol. The van der Waals surface area contributed by atoms with Crippen LogP contribution in [0.25, 0.3) is 0 Å². The van der Waals surface area contributed by atoms with E-state index in [1.165, 1.54) is 6.07 Å². The smallest absolute Gasteiger partial charge is 0.417 e. The number of pyridine rings is 1. The Balaban J connectivity index is 1.47. The van der Waals surface area contributed by atoms with Crippen molar-refractivity contribution in [2.75, 3.05) is 4.90 Å². The molecule has 4 rings (SSSR count). The lowest BCUT2D eigenvalue weighted by atomic mass is 9.99. The van der Waals surface area contributed by atoms with Gasteiger partial charge in [0.25, 0.3) is 0 Å². The van der Waals surface area contributed by atoms with Gasteiger partial charge in [-0.15, -0.1) is 0 Å². The summed E-state index contributed by atoms with van der Waals surface area (Å²) < 4.78 is 44.9. The maximum absolute atomic E-state index is 12.9. The average Bonchev–Trinajstić information content (AvgIpc) is 2.98. The fourth-order valence-corrected chi connectivity index (χ4v) is 4.41. The predicted molar refractivity (Wildman–Crippen MR) is 113 cm³/mol. The molecule has 8 heteroatoms. The van der Waals surface area contributed by atoms with Crippen LogP contribution in [0.5, 0.6) is 11.5 Å². The highest BCUT2D eigenvalue weighted by Gasteiger charge is 2.42. The number of hydrogen-bond donors (Lipinski definition) is 0. The van der Waals surface area contributed by atoms with Gasteiger partial charge in [0.15, 0.2) is 11.5 Å². The molecule has 2 aliphatic heterocycles. The second-order valence-corrected chi connectivity index (χ2v) is 8.49. The van der Waals surface area contributed by atoms with Crippen molar-refractivity contribution in [2.24, 2.45) is 5.16 Å². The molecular weight excluding hydrogens is 407 g/mol. The molecule has 0 aliphatic carbocycles. The first-order chi connectivity index (χ1) is 14.7. The number of aromatic nitrogens is 1. The van der Waals surface area contributed by atoms with Gasteiger partial charge >= 0.3 is 6.18 Å². The summed E-state index contributed by atoms with van der Waals surface area (Å²) in [5.41, 5.74) is 1.14. The molecular formula is C23H26F3N3O2. The van der Waals surface area contributed by atoms with Gasteiger partial charge in [0, 0.05) is 31.1 Å². The number of halogens is 3. The van der Waals surface area contributed by atoms with Crippen LogP contribution < -0.4 is 14.5 Å². The van der Waals surface area contributed by atoms with Crippen molar-refractivity contribution < 1.29 is 22.7 Å². The van der Waals surface area contributed by atoms with Crippen LogP contribution in [-0.2, 0) is 6.18 Å². The summed E-state index contributed by atoms with van der Waals surface area (Å²) in [4.78, 5) is 11.8. The Hall–Kier alpha value is -2.77. The quantitative estimate of drug-likeness (QED) is 0.444. The zero-order chi connectivity index (χ0) is 22.2. The van der Waals surface area contributed by atoms with Gasteiger partial charge < -0.3 is 14.5 Å². The standard InChI is InChI=1S/C23H26F3N3O2/c1-14(2)28-31-21-10-15(3)4-8-20(21)30-19-11-17-6-7-18(12-19)29(17)22-9-5-16(13-27-22)23(24,25)26/h4-5,8-10,13,17-19H,6-7,11-12H2,1-3H3/t17-,18+,19+. The minimum atomic E-state index is -4.38. The molecule has 5 nitrogen and oxygen atoms in total. The number of fused-ring (bicyclic) bond motifs is 2. The highest BCUT2D eigenvalue weighted by atomic mass is 19.4. The van der Waals surface area contributed by atoms with Crippen LogP contribution in [0.4, 0.5) is 19.0 Å². The normalized spacial score (nSPS) is 22.9. The lowest BCUT2D eigenvalue weighted by Gasteiger charge is -2.39. The molecule has 3 heterocycles. The molecule has 0 saturated carbocycles. The van der Waals surface area contributed by atoms with Crippen molar-refractivity contribution >= 4 is 11.5 Å². The molecule has 0 amide bonds. The van der Waals surface area contributed by atoms with Crippen LogP contribution in [0.2, 0.25) is 0 Å². The number of hydrogen-bond acceptors (Lipinski definition) is 5. The monoisotopic (exact) mass is 433 g/mol. The van der Waals surface area contributed by atoms with E-state index in [0.717, 1.165) is 49.2 Å². The molecule has 2 fully saturated rings. The third kappa shape index (κ3) is 4.78. The summed E-state index contributed by atoms with van der Waals surface area (Å²) in [6.45, 7) is 5.70. The Morgan fingerprint density at radius 1 is 1.06 bits per heavy atom. The zero-order valence-corrected chi connectivity index (χ0v) is 17.8. The largest absolute Gasteiger partial charge is 0.486 e. The first kappa shape index (κ1) is 21.5. The van der Waals surface area contributed by atoms with Gasteiger partial charge in [0.1, 0.15) is 11.9 Å². The molecule has 0 radical (unpaired) electrons. The molecule has 0 spiro atoms. The second-order valence-electron chi connectivity index (χ2n) is 8.49. The van der Waals surface area contributed by atoms with E-state index in [2.05, 4.69) is 15.0 Å². The van der Waals surface area contributed by atoms with Gasteiger partial charge in [-0.1, -0.05) is 11.2 Å². The van der Waals surface area contributed by atoms with E-state index in [4.69, 9.17) is 9.57 Å². The number of aryl methyl sites for hydroxylation is 1. The van der Waals surface area contributed by atoms with Crippen LogP contribution in [0.3, 0.4) is 0 Å². The van der Waals surface area contributed by atoms with Crippen LogP contribution in [0.15, 0.2) is 41.7 Å². The van der Waals surface area contributed by atoms with Crippen LogP contribution in [0, 0.1) is 6.92 Å². The van der Waals surface area contributed by atoms with Crippen molar-refractivity contribution in [1.82, 2.24) is 4.98 Å². The fourth-order valence-electron chi connectivity index (χ4n) is 4.41. The maximum Gasteiger partial charge on any atom is 0.417 e. The second kappa shape index (κ2) is 8.40. The first-order valence-corrected chi connectivity index (χ1v) is 10.5. The molecule has 1 aromatic carbocycles. The van der Waals surface area contributed by atoms with E-state index >= 15 is 0 Å². The number of ether oxygens (including phenoxy) is 1. The molecule has 2 aromatic rings. The van der Waals surface area contributed by atoms with Crippen molar-refractivity contribution in [3.05, 3.63) is 47.7 Å². The minimum absolute atomic E-state index is 0.0000393. The van der Waals surface area contributed by atoms with Crippen molar-refractivity contribution in [2.45, 2.75) is 70.8 Å². The first-order valence-electron chi connectivity index (χ1n) is 10.5. The Kier molecular flexibility index (Phi) is 5.81. The highest BCUT2D eigenvalue weighted by molar-refractivity contribution is 5.78. The predicted octanol–water partition coefficient (Wildman–Crippen LogP) is 5.76. The molecule has 2 aliphatic rings. The van der Waals surface area contributed by atoms with Crippen molar-refractivity contribution in [3.63, 3.8) is 0 Å². The van der Waals surface area contributed by atoms with Crippen LogP contribution >= 0.6 is 0 Å². The SMILES string of the molecule is CC(C)=NOc1cc(C)ccc1O[C@H]1C[C@H]2CC[C@@H](C1)N2c1ccc(C(F)(F)F)cn1. The molecule has 31 heavy (non-hydrogen) atoms. The van der Waals surface area contributed by atoms with Gasteiger partial charge in [-0.25, -0.2) is 4.98 Å². The number of nitrogens with zero attached hydrogens (tertiary/aromatic N) is 3. The number of benzene rings is 1. The van der Waals surface area contributed by atoms with Gasteiger partial charge in [-0.05, 0) is 63.4 Å². The number of rotatable bonds is 5. The minimum Gasteiger partial charge on any atom is -0.486 e. The molecule has 1 aromatic heterocycles. The fraction of sp³-hybridized carbons (Fsp3) is 0.478. The van der Waals surface area contributed by atoms with Gasteiger partial charge in [-0.3, -0.25) is 0 Å². The Labute approximate surface area is 179 Å². The zero-order valence-electron chi connectivity index (χ0n) is 17.8. The van der Waals surface area contributed by atoms with Gasteiger partial charge in [0.05, 0.1) is 11.3 Å². The Bertz CT molecular complexity index is 942. The lowest BCUT2D eigenvalue weighted by molar-refractivity contribution is -0.137. The van der Waals surface area contributed by atoms with Crippen LogP contribution in [0.1, 0.15) is 50.7 Å². The van der Waals surface area contributed by atoms with Gasteiger partial charge in [0.2, 0.25) is 0 Å². The Morgan fingerprint density at radius 2 is 1.77 bits per heavy atom. The molecule has 2 saturated heterocycles. The van der Waals surface area contributed by atoms with Crippen molar-refractivity contribution in [1.29, 1.82) is 0 Å². The summed E-state index contributed by atoms with van der Waals surface area (Å²) in [7, 11) is 0.